The van der Waals surface area contributed by atoms with Gasteiger partial charge in [-0.25, -0.2) is 0 Å². The molecule has 1 N–H and O–H groups in total. The molecule has 0 heterocycles. The highest BCUT2D eigenvalue weighted by Crippen LogP contribution is 2.17. The van der Waals surface area contributed by atoms with E-state index in [9.17, 15) is 4.79 Å². The van der Waals surface area contributed by atoms with E-state index in [1.165, 1.54) is 0 Å². The maximum absolute atomic E-state index is 11.7. The Labute approximate surface area is 97.2 Å². The monoisotopic (exact) mass is 227 g/mol. The van der Waals surface area contributed by atoms with Gasteiger partial charge in [-0.2, -0.15) is 11.8 Å². The Balaban J connectivity index is 4.04. The van der Waals surface area contributed by atoms with E-state index in [-0.39, 0.29) is 11.8 Å². The number of carbonyl (C=O) groups excluding carboxylic acids is 1. The highest BCUT2D eigenvalue weighted by molar-refractivity contribution is 7.99. The molecule has 15 heavy (non-hydrogen) atoms. The molecule has 0 aliphatic rings. The third kappa shape index (κ3) is 6.39. The Bertz CT molecular complexity index is 226. The van der Waals surface area contributed by atoms with Gasteiger partial charge in [0.15, 0.2) is 0 Å². The number of allylic oxidation sites excluding steroid dienone is 1. The van der Waals surface area contributed by atoms with E-state index in [0.717, 1.165) is 6.42 Å². The van der Waals surface area contributed by atoms with Gasteiger partial charge in [-0.1, -0.05) is 25.2 Å². The molecule has 0 aliphatic heterocycles. The first-order valence-electron chi connectivity index (χ1n) is 5.19. The van der Waals surface area contributed by atoms with Crippen LogP contribution in [-0.4, -0.2) is 24.0 Å². The molecule has 0 spiro atoms. The van der Waals surface area contributed by atoms with Crippen LogP contribution in [-0.2, 0) is 4.79 Å². The molecule has 0 aromatic rings. The molecule has 0 fully saturated rings. The summed E-state index contributed by atoms with van der Waals surface area (Å²) in [6.45, 7) is 8.38. The summed E-state index contributed by atoms with van der Waals surface area (Å²) in [6, 6.07) is 0. The smallest absolute Gasteiger partial charge is 0.227 e. The third-order valence-electron chi connectivity index (χ3n) is 2.24. The largest absolute Gasteiger partial charge is 0.352 e. The van der Waals surface area contributed by atoms with Crippen LogP contribution in [0.5, 0.6) is 0 Å². The van der Waals surface area contributed by atoms with Crippen molar-refractivity contribution in [1.82, 2.24) is 5.32 Å². The molecule has 1 amide bonds. The molecule has 0 bridgehead atoms. The second kappa shape index (κ2) is 8.60. The summed E-state index contributed by atoms with van der Waals surface area (Å²) in [5.74, 6) is 0.00158. The van der Waals surface area contributed by atoms with Crippen LogP contribution < -0.4 is 5.32 Å². The molecule has 0 saturated heterocycles. The van der Waals surface area contributed by atoms with Crippen molar-refractivity contribution in [3.8, 4) is 0 Å². The van der Waals surface area contributed by atoms with Crippen molar-refractivity contribution in [1.29, 1.82) is 0 Å². The van der Waals surface area contributed by atoms with Crippen LogP contribution >= 0.6 is 11.8 Å². The third-order valence-corrected chi connectivity index (χ3v) is 3.24. The van der Waals surface area contributed by atoms with E-state index in [0.29, 0.717) is 11.8 Å². The number of amides is 1. The fourth-order valence-corrected chi connectivity index (χ4v) is 1.57. The first-order chi connectivity index (χ1) is 7.15. The summed E-state index contributed by atoms with van der Waals surface area (Å²) in [5.41, 5.74) is 0. The van der Waals surface area contributed by atoms with Gasteiger partial charge in [0.1, 0.15) is 0 Å². The van der Waals surface area contributed by atoms with E-state index in [1.54, 1.807) is 17.8 Å². The lowest BCUT2D eigenvalue weighted by Gasteiger charge is -2.15. The van der Waals surface area contributed by atoms with Crippen LogP contribution in [0.3, 0.4) is 0 Å². The van der Waals surface area contributed by atoms with Crippen molar-refractivity contribution >= 4 is 17.7 Å². The molecule has 0 rings (SSSR count). The zero-order valence-electron chi connectivity index (χ0n) is 9.82. The average molecular weight is 227 g/mol. The highest BCUT2D eigenvalue weighted by atomic mass is 32.2. The summed E-state index contributed by atoms with van der Waals surface area (Å²) >= 11 is 1.77. The standard InChI is InChI=1S/C12H21NOS/c1-5-7-8-13-12(14)11(6-2)9-10(3)15-4/h5-7,10-11H,2,8-9H2,1,3-4H3,(H,13,14)/b7-5+. The summed E-state index contributed by atoms with van der Waals surface area (Å²) in [7, 11) is 0. The van der Waals surface area contributed by atoms with Crippen LogP contribution in [0.25, 0.3) is 0 Å². The van der Waals surface area contributed by atoms with Gasteiger partial charge >= 0.3 is 0 Å². The van der Waals surface area contributed by atoms with Gasteiger partial charge in [-0.15, -0.1) is 6.58 Å². The van der Waals surface area contributed by atoms with Crippen LogP contribution in [0, 0.1) is 5.92 Å². The lowest BCUT2D eigenvalue weighted by molar-refractivity contribution is -0.123. The van der Waals surface area contributed by atoms with E-state index >= 15 is 0 Å². The lowest BCUT2D eigenvalue weighted by Crippen LogP contribution is -2.31. The Morgan fingerprint density at radius 2 is 2.27 bits per heavy atom. The Hall–Kier alpha value is -0.700. The Kier molecular flexibility index (Phi) is 8.19. The number of hydrogen-bond donors (Lipinski definition) is 1. The average Bonchev–Trinajstić information content (AvgIpc) is 2.25. The van der Waals surface area contributed by atoms with E-state index in [2.05, 4.69) is 25.1 Å². The molecule has 2 unspecified atom stereocenters. The van der Waals surface area contributed by atoms with E-state index in [1.807, 2.05) is 19.1 Å². The van der Waals surface area contributed by atoms with Gasteiger partial charge in [0.25, 0.3) is 0 Å². The normalized spacial score (nSPS) is 14.9. The van der Waals surface area contributed by atoms with Crippen molar-refractivity contribution in [2.45, 2.75) is 25.5 Å². The molecular formula is C12H21NOS. The van der Waals surface area contributed by atoms with Crippen molar-refractivity contribution in [2.75, 3.05) is 12.8 Å². The fraction of sp³-hybridized carbons (Fsp3) is 0.583. The van der Waals surface area contributed by atoms with Crippen molar-refractivity contribution < 1.29 is 4.79 Å². The number of thioether (sulfide) groups is 1. The zero-order valence-corrected chi connectivity index (χ0v) is 10.6. The molecule has 0 aromatic heterocycles. The summed E-state index contributed by atoms with van der Waals surface area (Å²) in [6.07, 6.45) is 8.50. The summed E-state index contributed by atoms with van der Waals surface area (Å²) in [5, 5.41) is 3.34. The molecule has 0 aliphatic carbocycles. The van der Waals surface area contributed by atoms with Crippen molar-refractivity contribution in [3.63, 3.8) is 0 Å². The molecule has 0 aromatic carbocycles. The molecule has 3 heteroatoms. The maximum Gasteiger partial charge on any atom is 0.227 e. The first-order valence-corrected chi connectivity index (χ1v) is 6.48. The van der Waals surface area contributed by atoms with Crippen molar-refractivity contribution in [3.05, 3.63) is 24.8 Å². The number of rotatable bonds is 7. The van der Waals surface area contributed by atoms with Gasteiger partial charge in [0, 0.05) is 11.8 Å². The van der Waals surface area contributed by atoms with Crippen LogP contribution in [0.15, 0.2) is 24.8 Å². The molecule has 86 valence electrons. The second-order valence-electron chi connectivity index (χ2n) is 3.44. The minimum atomic E-state index is -0.0716. The van der Waals surface area contributed by atoms with Gasteiger partial charge < -0.3 is 5.32 Å². The van der Waals surface area contributed by atoms with Gasteiger partial charge in [-0.05, 0) is 19.6 Å². The summed E-state index contributed by atoms with van der Waals surface area (Å²) < 4.78 is 0. The Morgan fingerprint density at radius 3 is 2.73 bits per heavy atom. The quantitative estimate of drug-likeness (QED) is 0.677. The molecule has 0 radical (unpaired) electrons. The van der Waals surface area contributed by atoms with Crippen LogP contribution in [0.1, 0.15) is 20.3 Å². The van der Waals surface area contributed by atoms with Gasteiger partial charge in [0.05, 0.1) is 5.92 Å². The van der Waals surface area contributed by atoms with Crippen molar-refractivity contribution in [2.24, 2.45) is 5.92 Å². The van der Waals surface area contributed by atoms with Gasteiger partial charge in [-0.3, -0.25) is 4.79 Å². The zero-order chi connectivity index (χ0) is 11.7. The molecular weight excluding hydrogens is 206 g/mol. The summed E-state index contributed by atoms with van der Waals surface area (Å²) in [4.78, 5) is 11.7. The number of nitrogens with one attached hydrogen (secondary N) is 1. The second-order valence-corrected chi connectivity index (χ2v) is 4.71. The first kappa shape index (κ1) is 14.3. The molecule has 0 saturated carbocycles. The SMILES string of the molecule is C=CC(CC(C)SC)C(=O)NC/C=C/C. The van der Waals surface area contributed by atoms with Crippen LogP contribution in [0.4, 0.5) is 0 Å². The minimum absolute atomic E-state index is 0.0716. The Morgan fingerprint density at radius 1 is 1.60 bits per heavy atom. The minimum Gasteiger partial charge on any atom is -0.352 e. The van der Waals surface area contributed by atoms with Crippen LogP contribution in [0.2, 0.25) is 0 Å². The topological polar surface area (TPSA) is 29.1 Å². The van der Waals surface area contributed by atoms with E-state index in [4.69, 9.17) is 0 Å². The number of hydrogen-bond acceptors (Lipinski definition) is 2. The number of carbonyl (C=O) groups is 1. The molecule has 2 atom stereocenters. The predicted molar refractivity (Wildman–Crippen MR) is 69.1 cm³/mol. The molecule has 2 nitrogen and oxygen atoms in total. The van der Waals surface area contributed by atoms with Gasteiger partial charge in [0.2, 0.25) is 5.91 Å². The predicted octanol–water partition coefficient (Wildman–Crippen LogP) is 2.62. The van der Waals surface area contributed by atoms with E-state index < -0.39 is 0 Å². The maximum atomic E-state index is 11.7. The fourth-order valence-electron chi connectivity index (χ4n) is 1.17. The lowest BCUT2D eigenvalue weighted by atomic mass is 10.0. The highest BCUT2D eigenvalue weighted by Gasteiger charge is 2.16.